The first-order valence-corrected chi connectivity index (χ1v) is 8.44. The summed E-state index contributed by atoms with van der Waals surface area (Å²) in [5, 5.41) is 3.39. The molecular formula is C16H22N6O. The number of hydrogen-bond acceptors (Lipinski definition) is 5. The first kappa shape index (κ1) is 14.4. The maximum absolute atomic E-state index is 12.2. The molecule has 1 N–H and O–H groups in total. The van der Waals surface area contributed by atoms with Gasteiger partial charge in [0.25, 0.3) is 0 Å². The second kappa shape index (κ2) is 5.79. The van der Waals surface area contributed by atoms with Gasteiger partial charge in [0.2, 0.25) is 5.91 Å². The van der Waals surface area contributed by atoms with Gasteiger partial charge in [0.1, 0.15) is 18.5 Å². The standard InChI is InChI=1S/C16H22N6O/c1-2-3-11-6-13(23)21(7-11)10-22-9-19-14-15(20-12-4-5-12)17-8-18-16(14)22/h8-9,11-12H,2-7,10H2,1H3,(H,17,18,20). The lowest BCUT2D eigenvalue weighted by Crippen LogP contribution is -2.27. The molecule has 2 fully saturated rings. The molecule has 0 aromatic carbocycles. The highest BCUT2D eigenvalue weighted by Crippen LogP contribution is 2.27. The molecule has 122 valence electrons. The van der Waals surface area contributed by atoms with E-state index in [1.165, 1.54) is 12.8 Å². The quantitative estimate of drug-likeness (QED) is 0.882. The Hall–Kier alpha value is -2.18. The minimum Gasteiger partial charge on any atom is -0.365 e. The van der Waals surface area contributed by atoms with Gasteiger partial charge in [-0.15, -0.1) is 0 Å². The zero-order chi connectivity index (χ0) is 15.8. The summed E-state index contributed by atoms with van der Waals surface area (Å²) in [5.41, 5.74) is 1.58. The Morgan fingerprint density at radius 1 is 1.30 bits per heavy atom. The highest BCUT2D eigenvalue weighted by atomic mass is 16.2. The summed E-state index contributed by atoms with van der Waals surface area (Å²) in [4.78, 5) is 27.2. The van der Waals surface area contributed by atoms with Crippen LogP contribution in [0.5, 0.6) is 0 Å². The van der Waals surface area contributed by atoms with Crippen molar-refractivity contribution in [3.05, 3.63) is 12.7 Å². The van der Waals surface area contributed by atoms with Gasteiger partial charge in [-0.05, 0) is 25.2 Å². The minimum atomic E-state index is 0.232. The van der Waals surface area contributed by atoms with Gasteiger partial charge in [0.05, 0.1) is 6.33 Å². The number of likely N-dealkylation sites (tertiary alicyclic amines) is 1. The van der Waals surface area contributed by atoms with Crippen LogP contribution in [-0.4, -0.2) is 42.9 Å². The van der Waals surface area contributed by atoms with E-state index in [0.29, 0.717) is 25.0 Å². The van der Waals surface area contributed by atoms with Crippen LogP contribution in [0.3, 0.4) is 0 Å². The van der Waals surface area contributed by atoms with Crippen LogP contribution < -0.4 is 5.32 Å². The predicted molar refractivity (Wildman–Crippen MR) is 86.7 cm³/mol. The van der Waals surface area contributed by atoms with E-state index in [2.05, 4.69) is 27.2 Å². The van der Waals surface area contributed by atoms with E-state index < -0.39 is 0 Å². The molecular weight excluding hydrogens is 292 g/mol. The van der Waals surface area contributed by atoms with Crippen LogP contribution >= 0.6 is 0 Å². The van der Waals surface area contributed by atoms with Crippen molar-refractivity contribution in [2.45, 2.75) is 51.7 Å². The maximum atomic E-state index is 12.2. The second-order valence-electron chi connectivity index (χ2n) is 6.64. The highest BCUT2D eigenvalue weighted by molar-refractivity contribution is 5.83. The molecule has 2 aliphatic rings. The van der Waals surface area contributed by atoms with E-state index in [1.807, 2.05) is 9.47 Å². The van der Waals surface area contributed by atoms with Gasteiger partial charge in [0.15, 0.2) is 11.5 Å². The fourth-order valence-corrected chi connectivity index (χ4v) is 3.29. The molecule has 0 spiro atoms. The zero-order valence-corrected chi connectivity index (χ0v) is 13.4. The van der Waals surface area contributed by atoms with E-state index in [0.717, 1.165) is 36.4 Å². The number of nitrogens with one attached hydrogen (secondary N) is 1. The van der Waals surface area contributed by atoms with Crippen LogP contribution in [0.2, 0.25) is 0 Å². The Labute approximate surface area is 135 Å². The van der Waals surface area contributed by atoms with Crippen LogP contribution in [0, 0.1) is 5.92 Å². The third kappa shape index (κ3) is 2.87. The minimum absolute atomic E-state index is 0.232. The summed E-state index contributed by atoms with van der Waals surface area (Å²) in [6, 6.07) is 0.521. The van der Waals surface area contributed by atoms with Gasteiger partial charge < -0.3 is 10.2 Å². The van der Waals surface area contributed by atoms with Crippen molar-refractivity contribution in [1.82, 2.24) is 24.4 Å². The van der Waals surface area contributed by atoms with Crippen molar-refractivity contribution in [2.75, 3.05) is 11.9 Å². The lowest BCUT2D eigenvalue weighted by atomic mass is 10.0. The highest BCUT2D eigenvalue weighted by Gasteiger charge is 2.29. The molecule has 23 heavy (non-hydrogen) atoms. The molecule has 1 atom stereocenters. The fourth-order valence-electron chi connectivity index (χ4n) is 3.29. The number of anilines is 1. The van der Waals surface area contributed by atoms with Crippen molar-refractivity contribution in [3.8, 4) is 0 Å². The van der Waals surface area contributed by atoms with Gasteiger partial charge in [-0.1, -0.05) is 13.3 Å². The fraction of sp³-hybridized carbons (Fsp3) is 0.625. The first-order chi connectivity index (χ1) is 11.2. The van der Waals surface area contributed by atoms with Crippen molar-refractivity contribution >= 4 is 22.9 Å². The second-order valence-corrected chi connectivity index (χ2v) is 6.64. The third-order valence-electron chi connectivity index (χ3n) is 4.63. The van der Waals surface area contributed by atoms with E-state index in [-0.39, 0.29) is 5.91 Å². The molecule has 1 aliphatic heterocycles. The Morgan fingerprint density at radius 2 is 2.17 bits per heavy atom. The summed E-state index contributed by atoms with van der Waals surface area (Å²) < 4.78 is 1.95. The van der Waals surface area contributed by atoms with Crippen LogP contribution in [0.1, 0.15) is 39.0 Å². The number of carbonyl (C=O) groups is 1. The van der Waals surface area contributed by atoms with E-state index in [4.69, 9.17) is 0 Å². The molecule has 1 amide bonds. The Bertz CT molecular complexity index is 722. The molecule has 0 radical (unpaired) electrons. The number of hydrogen-bond donors (Lipinski definition) is 1. The van der Waals surface area contributed by atoms with Crippen molar-refractivity contribution in [2.24, 2.45) is 5.92 Å². The molecule has 7 nitrogen and oxygen atoms in total. The molecule has 1 unspecified atom stereocenters. The SMILES string of the molecule is CCCC1CC(=O)N(Cn2cnc3c(NC4CC4)ncnc32)C1. The molecule has 7 heteroatoms. The summed E-state index contributed by atoms with van der Waals surface area (Å²) >= 11 is 0. The summed E-state index contributed by atoms with van der Waals surface area (Å²) in [5.74, 6) is 1.52. The number of aromatic nitrogens is 4. The van der Waals surface area contributed by atoms with Crippen molar-refractivity contribution in [1.29, 1.82) is 0 Å². The average Bonchev–Trinajstić information content (AvgIpc) is 3.15. The number of fused-ring (bicyclic) bond motifs is 1. The molecule has 1 aliphatic carbocycles. The van der Waals surface area contributed by atoms with E-state index in [9.17, 15) is 4.79 Å². The lowest BCUT2D eigenvalue weighted by Gasteiger charge is -2.17. The van der Waals surface area contributed by atoms with Gasteiger partial charge in [0, 0.05) is 19.0 Å². The smallest absolute Gasteiger partial charge is 0.224 e. The Morgan fingerprint density at radius 3 is 2.96 bits per heavy atom. The monoisotopic (exact) mass is 314 g/mol. The molecule has 3 heterocycles. The normalized spacial score (nSPS) is 21.3. The largest absolute Gasteiger partial charge is 0.365 e. The Balaban J connectivity index is 1.54. The first-order valence-electron chi connectivity index (χ1n) is 8.44. The predicted octanol–water partition coefficient (Wildman–Crippen LogP) is 2.01. The number of carbonyl (C=O) groups excluding carboxylic acids is 1. The molecule has 0 bridgehead atoms. The Kier molecular flexibility index (Phi) is 3.63. The summed E-state index contributed by atoms with van der Waals surface area (Å²) in [6.07, 6.45) is 8.62. The zero-order valence-electron chi connectivity index (χ0n) is 13.4. The van der Waals surface area contributed by atoms with Crippen LogP contribution in [0.15, 0.2) is 12.7 Å². The number of nitrogens with zero attached hydrogens (tertiary/aromatic N) is 5. The maximum Gasteiger partial charge on any atom is 0.224 e. The molecule has 1 saturated carbocycles. The van der Waals surface area contributed by atoms with Crippen LogP contribution in [0.4, 0.5) is 5.82 Å². The van der Waals surface area contributed by atoms with Crippen molar-refractivity contribution < 1.29 is 4.79 Å². The molecule has 4 rings (SSSR count). The van der Waals surface area contributed by atoms with Crippen LogP contribution in [0.25, 0.3) is 11.2 Å². The topological polar surface area (TPSA) is 75.9 Å². The van der Waals surface area contributed by atoms with Gasteiger partial charge in [-0.25, -0.2) is 15.0 Å². The van der Waals surface area contributed by atoms with Crippen LogP contribution in [-0.2, 0) is 11.5 Å². The van der Waals surface area contributed by atoms with E-state index in [1.54, 1.807) is 12.7 Å². The van der Waals surface area contributed by atoms with Gasteiger partial charge in [-0.3, -0.25) is 9.36 Å². The molecule has 1 saturated heterocycles. The number of imidazole rings is 1. The lowest BCUT2D eigenvalue weighted by molar-refractivity contribution is -0.129. The number of rotatable bonds is 6. The average molecular weight is 314 g/mol. The van der Waals surface area contributed by atoms with E-state index >= 15 is 0 Å². The van der Waals surface area contributed by atoms with Crippen molar-refractivity contribution in [3.63, 3.8) is 0 Å². The molecule has 2 aromatic heterocycles. The molecule has 2 aromatic rings. The van der Waals surface area contributed by atoms with Gasteiger partial charge in [-0.2, -0.15) is 0 Å². The third-order valence-corrected chi connectivity index (χ3v) is 4.63. The summed E-state index contributed by atoms with van der Waals surface area (Å²) in [7, 11) is 0. The van der Waals surface area contributed by atoms with Gasteiger partial charge >= 0.3 is 0 Å². The number of amides is 1. The summed E-state index contributed by atoms with van der Waals surface area (Å²) in [6.45, 7) is 3.53.